The summed E-state index contributed by atoms with van der Waals surface area (Å²) in [6.07, 6.45) is 0.355. The van der Waals surface area contributed by atoms with Crippen molar-refractivity contribution in [2.24, 2.45) is 7.05 Å². The average molecular weight is 504 g/mol. The van der Waals surface area contributed by atoms with Crippen LogP contribution in [0.2, 0.25) is 0 Å². The van der Waals surface area contributed by atoms with Gasteiger partial charge in [-0.3, -0.25) is 19.2 Å². The predicted molar refractivity (Wildman–Crippen MR) is 129 cm³/mol. The second-order valence-corrected chi connectivity index (χ2v) is 8.63. The molecule has 0 aliphatic carbocycles. The van der Waals surface area contributed by atoms with Crippen molar-refractivity contribution < 1.29 is 34.1 Å². The highest BCUT2D eigenvalue weighted by Crippen LogP contribution is 2.23. The number of aliphatic carboxylic acids is 2. The molecule has 2 aromatic rings. The smallest absolute Gasteiger partial charge is 0.414 e. The van der Waals surface area contributed by atoms with Gasteiger partial charge in [0, 0.05) is 38.2 Å². The molecule has 12 nitrogen and oxygen atoms in total. The molecule has 0 saturated carbocycles. The lowest BCUT2D eigenvalue weighted by molar-refractivity contribution is -0.159. The van der Waals surface area contributed by atoms with Crippen LogP contribution in [0.5, 0.6) is 0 Å². The van der Waals surface area contributed by atoms with Crippen LogP contribution in [0, 0.1) is 0 Å². The number of carboxylic acid groups (broad SMARTS) is 2. The van der Waals surface area contributed by atoms with Gasteiger partial charge in [0.1, 0.15) is 5.69 Å². The van der Waals surface area contributed by atoms with Crippen LogP contribution in [0.4, 0.5) is 0 Å². The first-order valence-corrected chi connectivity index (χ1v) is 11.4. The third kappa shape index (κ3) is 8.47. The van der Waals surface area contributed by atoms with E-state index in [2.05, 4.69) is 15.7 Å². The Bertz CT molecular complexity index is 1060. The summed E-state index contributed by atoms with van der Waals surface area (Å²) in [5.74, 6) is -3.84. The van der Waals surface area contributed by atoms with Gasteiger partial charge >= 0.3 is 11.9 Å². The number of hydrogen-bond donors (Lipinski definition) is 4. The van der Waals surface area contributed by atoms with Crippen molar-refractivity contribution in [3.63, 3.8) is 0 Å². The van der Waals surface area contributed by atoms with Crippen LogP contribution in [0.25, 0.3) is 0 Å². The number of carbonyl (C=O) groups is 4. The van der Waals surface area contributed by atoms with E-state index in [-0.39, 0.29) is 17.9 Å². The molecule has 196 valence electrons. The zero-order chi connectivity index (χ0) is 26.8. The molecule has 3 rings (SSSR count). The summed E-state index contributed by atoms with van der Waals surface area (Å²) in [6.45, 7) is 5.64. The molecule has 2 heterocycles. The second kappa shape index (κ2) is 13.4. The molecule has 1 unspecified atom stereocenters. The molecule has 0 radical (unpaired) electrons. The van der Waals surface area contributed by atoms with Crippen molar-refractivity contribution in [1.29, 1.82) is 0 Å². The maximum absolute atomic E-state index is 12.8. The van der Waals surface area contributed by atoms with Crippen LogP contribution in [-0.4, -0.2) is 80.9 Å². The van der Waals surface area contributed by atoms with Crippen LogP contribution < -0.4 is 10.6 Å². The lowest BCUT2D eigenvalue weighted by Crippen LogP contribution is -2.42. The van der Waals surface area contributed by atoms with E-state index >= 15 is 0 Å². The van der Waals surface area contributed by atoms with Crippen molar-refractivity contribution in [2.75, 3.05) is 20.1 Å². The van der Waals surface area contributed by atoms with E-state index in [0.717, 1.165) is 16.8 Å². The highest BCUT2D eigenvalue weighted by molar-refractivity contribution is 6.27. The van der Waals surface area contributed by atoms with Crippen LogP contribution in [0.15, 0.2) is 30.3 Å². The van der Waals surface area contributed by atoms with E-state index in [9.17, 15) is 9.59 Å². The van der Waals surface area contributed by atoms with Crippen molar-refractivity contribution in [1.82, 2.24) is 25.3 Å². The van der Waals surface area contributed by atoms with Crippen molar-refractivity contribution in [3.05, 3.63) is 52.8 Å². The molecule has 1 aliphatic rings. The highest BCUT2D eigenvalue weighted by Gasteiger charge is 2.29. The number of benzene rings is 1. The van der Waals surface area contributed by atoms with Crippen molar-refractivity contribution >= 4 is 23.8 Å². The molecule has 0 spiro atoms. The van der Waals surface area contributed by atoms with E-state index in [0.29, 0.717) is 44.4 Å². The summed E-state index contributed by atoms with van der Waals surface area (Å²) in [5, 5.41) is 25.1. The summed E-state index contributed by atoms with van der Waals surface area (Å²) in [5.41, 5.74) is 3.27. The largest absolute Gasteiger partial charge is 0.473 e. The van der Waals surface area contributed by atoms with Gasteiger partial charge in [0.15, 0.2) is 0 Å². The number of ether oxygens (including phenoxy) is 1. The van der Waals surface area contributed by atoms with Crippen LogP contribution in [0.1, 0.15) is 41.2 Å². The molecule has 1 aliphatic heterocycles. The lowest BCUT2D eigenvalue weighted by atomic mass is 10.0. The fourth-order valence-corrected chi connectivity index (χ4v) is 3.41. The first kappa shape index (κ1) is 28.5. The number of likely N-dealkylation sites (N-methyl/N-ethyl adjacent to an activating group) is 1. The minimum absolute atomic E-state index is 0.0346. The van der Waals surface area contributed by atoms with Gasteiger partial charge in [0.05, 0.1) is 24.9 Å². The first-order valence-electron chi connectivity index (χ1n) is 11.4. The number of carboxylic acids is 2. The molecule has 1 aromatic heterocycles. The first-order chi connectivity index (χ1) is 17.0. The molecule has 0 bridgehead atoms. The van der Waals surface area contributed by atoms with Crippen molar-refractivity contribution in [2.45, 2.75) is 45.6 Å². The predicted octanol–water partition coefficient (Wildman–Crippen LogP) is 0.403. The van der Waals surface area contributed by atoms with Gasteiger partial charge in [-0.1, -0.05) is 30.3 Å². The molecule has 1 aromatic carbocycles. The fraction of sp³-hybridized carbons (Fsp3) is 0.458. The Labute approximate surface area is 209 Å². The van der Waals surface area contributed by atoms with Crippen LogP contribution >= 0.6 is 0 Å². The summed E-state index contributed by atoms with van der Waals surface area (Å²) in [6, 6.07) is 10.1. The third-order valence-corrected chi connectivity index (χ3v) is 5.61. The Kier molecular flexibility index (Phi) is 10.6. The van der Waals surface area contributed by atoms with Crippen LogP contribution in [0.3, 0.4) is 0 Å². The Morgan fingerprint density at radius 1 is 1.14 bits per heavy atom. The van der Waals surface area contributed by atoms with E-state index in [4.69, 9.17) is 24.5 Å². The molecule has 1 atom stereocenters. The van der Waals surface area contributed by atoms with Crippen LogP contribution in [-0.2, 0) is 45.7 Å². The minimum atomic E-state index is -1.82. The summed E-state index contributed by atoms with van der Waals surface area (Å²) in [4.78, 5) is 45.2. The SMILES string of the molecule is CC(C)N(C)CC(=O)NCC1Cc2c(nn(C)c2C(=O)NCc2ccccc2)CO1.O=C(O)C(=O)O. The summed E-state index contributed by atoms with van der Waals surface area (Å²) < 4.78 is 7.47. The van der Waals surface area contributed by atoms with E-state index in [1.54, 1.807) is 11.7 Å². The maximum atomic E-state index is 12.8. The Balaban J connectivity index is 0.000000678. The molecular weight excluding hydrogens is 470 g/mol. The van der Waals surface area contributed by atoms with Gasteiger partial charge in [0.25, 0.3) is 5.91 Å². The van der Waals surface area contributed by atoms with E-state index in [1.807, 2.05) is 56.1 Å². The average Bonchev–Trinajstić information content (AvgIpc) is 3.17. The monoisotopic (exact) mass is 503 g/mol. The van der Waals surface area contributed by atoms with Gasteiger partial charge in [0.2, 0.25) is 5.91 Å². The fourth-order valence-electron chi connectivity index (χ4n) is 3.41. The topological polar surface area (TPSA) is 163 Å². The number of aryl methyl sites for hydroxylation is 1. The lowest BCUT2D eigenvalue weighted by Gasteiger charge is -2.24. The standard InChI is InChI=1S/C22H31N5O3.C2H2O4/c1-15(2)26(3)13-20(28)23-12-17-10-18-19(14-30-17)25-27(4)21(18)22(29)24-11-16-8-6-5-7-9-16;3-1(4)2(5)6/h5-9,15,17H,10-14H2,1-4H3,(H,23,28)(H,24,29);(H,3,4)(H,5,6). The second-order valence-electron chi connectivity index (χ2n) is 8.63. The number of amides is 2. The number of hydrogen-bond acceptors (Lipinski definition) is 7. The number of nitrogens with one attached hydrogen (secondary N) is 2. The third-order valence-electron chi connectivity index (χ3n) is 5.61. The minimum Gasteiger partial charge on any atom is -0.473 e. The molecule has 2 amide bonds. The number of fused-ring (bicyclic) bond motifs is 1. The van der Waals surface area contributed by atoms with Gasteiger partial charge < -0.3 is 25.6 Å². The number of rotatable bonds is 8. The zero-order valence-electron chi connectivity index (χ0n) is 20.9. The van der Waals surface area contributed by atoms with Crippen molar-refractivity contribution in [3.8, 4) is 0 Å². The van der Waals surface area contributed by atoms with E-state index in [1.165, 1.54) is 0 Å². The van der Waals surface area contributed by atoms with Gasteiger partial charge in [-0.05, 0) is 26.5 Å². The molecule has 0 fully saturated rings. The van der Waals surface area contributed by atoms with Gasteiger partial charge in [-0.25, -0.2) is 9.59 Å². The number of carbonyl (C=O) groups excluding carboxylic acids is 2. The van der Waals surface area contributed by atoms with E-state index < -0.39 is 11.9 Å². The highest BCUT2D eigenvalue weighted by atomic mass is 16.5. The molecule has 4 N–H and O–H groups in total. The maximum Gasteiger partial charge on any atom is 0.414 e. The zero-order valence-corrected chi connectivity index (χ0v) is 20.9. The number of nitrogens with zero attached hydrogens (tertiary/aromatic N) is 3. The van der Waals surface area contributed by atoms with Gasteiger partial charge in [-0.15, -0.1) is 0 Å². The summed E-state index contributed by atoms with van der Waals surface area (Å²) in [7, 11) is 3.69. The Morgan fingerprint density at radius 2 is 1.78 bits per heavy atom. The van der Waals surface area contributed by atoms with Gasteiger partial charge in [-0.2, -0.15) is 5.10 Å². The molecular formula is C24H33N5O7. The quantitative estimate of drug-likeness (QED) is 0.374. The Hall–Kier alpha value is -3.77. The Morgan fingerprint density at radius 3 is 2.36 bits per heavy atom. The summed E-state index contributed by atoms with van der Waals surface area (Å²) >= 11 is 0. The number of aromatic nitrogens is 2. The molecule has 36 heavy (non-hydrogen) atoms. The molecule has 12 heteroatoms. The molecule has 0 saturated heterocycles. The normalized spacial score (nSPS) is 14.4.